The number of nitriles is 1. The van der Waals surface area contributed by atoms with E-state index >= 15 is 0 Å². The molecule has 17 heavy (non-hydrogen) atoms. The van der Waals surface area contributed by atoms with E-state index in [1.807, 2.05) is 0 Å². The SMILES string of the molecule is N#CCNC(=O)Nc1cccc(C(F)(F)F)c1. The summed E-state index contributed by atoms with van der Waals surface area (Å²) in [6.07, 6.45) is -4.46. The minimum Gasteiger partial charge on any atom is -0.325 e. The van der Waals surface area contributed by atoms with Gasteiger partial charge in [0, 0.05) is 5.69 Å². The Morgan fingerprint density at radius 1 is 1.41 bits per heavy atom. The number of nitrogens with one attached hydrogen (secondary N) is 2. The maximum absolute atomic E-state index is 12.3. The first-order chi connectivity index (χ1) is 7.93. The van der Waals surface area contributed by atoms with Gasteiger partial charge in [-0.1, -0.05) is 6.07 Å². The molecule has 0 atom stereocenters. The molecular weight excluding hydrogens is 235 g/mol. The monoisotopic (exact) mass is 243 g/mol. The minimum absolute atomic E-state index is 0.00950. The van der Waals surface area contributed by atoms with E-state index in [9.17, 15) is 18.0 Å². The van der Waals surface area contributed by atoms with Crippen molar-refractivity contribution in [3.05, 3.63) is 29.8 Å². The average Bonchev–Trinajstić information content (AvgIpc) is 2.25. The maximum Gasteiger partial charge on any atom is 0.416 e. The van der Waals surface area contributed by atoms with Gasteiger partial charge in [0.25, 0.3) is 0 Å². The molecule has 0 radical (unpaired) electrons. The summed E-state index contributed by atoms with van der Waals surface area (Å²) in [5, 5.41) is 12.5. The normalized spacial score (nSPS) is 10.5. The zero-order chi connectivity index (χ0) is 12.9. The van der Waals surface area contributed by atoms with E-state index in [1.54, 1.807) is 6.07 Å². The van der Waals surface area contributed by atoms with Crippen molar-refractivity contribution < 1.29 is 18.0 Å². The van der Waals surface area contributed by atoms with Crippen molar-refractivity contribution in [3.8, 4) is 6.07 Å². The Balaban J connectivity index is 2.73. The number of nitrogens with zero attached hydrogens (tertiary/aromatic N) is 1. The van der Waals surface area contributed by atoms with E-state index < -0.39 is 17.8 Å². The van der Waals surface area contributed by atoms with Gasteiger partial charge in [-0.3, -0.25) is 0 Å². The van der Waals surface area contributed by atoms with Gasteiger partial charge >= 0.3 is 12.2 Å². The third-order valence-corrected chi connectivity index (χ3v) is 1.78. The van der Waals surface area contributed by atoms with Crippen molar-refractivity contribution in [1.29, 1.82) is 5.26 Å². The summed E-state index contributed by atoms with van der Waals surface area (Å²) in [7, 11) is 0. The Labute approximate surface area is 95.0 Å². The highest BCUT2D eigenvalue weighted by Crippen LogP contribution is 2.30. The standard InChI is InChI=1S/C10H8F3N3O/c11-10(12,13)7-2-1-3-8(6-7)16-9(17)15-5-4-14/h1-3,6H,5H2,(H2,15,16,17). The molecule has 0 saturated carbocycles. The van der Waals surface area contributed by atoms with Gasteiger partial charge in [0.15, 0.2) is 0 Å². The van der Waals surface area contributed by atoms with Crippen LogP contribution in [0.15, 0.2) is 24.3 Å². The molecule has 1 rings (SSSR count). The van der Waals surface area contributed by atoms with Crippen LogP contribution in [0.25, 0.3) is 0 Å². The zero-order valence-electron chi connectivity index (χ0n) is 8.51. The van der Waals surface area contributed by atoms with E-state index in [0.717, 1.165) is 12.1 Å². The van der Waals surface area contributed by atoms with Gasteiger partial charge < -0.3 is 10.6 Å². The van der Waals surface area contributed by atoms with Crippen molar-refractivity contribution in [1.82, 2.24) is 5.32 Å². The average molecular weight is 243 g/mol. The van der Waals surface area contributed by atoms with Crippen molar-refractivity contribution in [2.75, 3.05) is 11.9 Å². The van der Waals surface area contributed by atoms with Crippen molar-refractivity contribution >= 4 is 11.7 Å². The van der Waals surface area contributed by atoms with Gasteiger partial charge in [0.05, 0.1) is 11.6 Å². The summed E-state index contributed by atoms with van der Waals surface area (Å²) in [5.74, 6) is 0. The molecule has 2 N–H and O–H groups in total. The molecule has 1 aromatic rings. The Morgan fingerprint density at radius 2 is 2.12 bits per heavy atom. The second-order valence-corrected chi connectivity index (χ2v) is 3.04. The smallest absolute Gasteiger partial charge is 0.325 e. The van der Waals surface area contributed by atoms with Gasteiger partial charge in [0.2, 0.25) is 0 Å². The third-order valence-electron chi connectivity index (χ3n) is 1.78. The number of carbonyl (C=O) groups excluding carboxylic acids is 1. The van der Waals surface area contributed by atoms with Gasteiger partial charge in [-0.05, 0) is 18.2 Å². The fourth-order valence-electron chi connectivity index (χ4n) is 1.07. The van der Waals surface area contributed by atoms with Crippen LogP contribution in [0.1, 0.15) is 5.56 Å². The second kappa shape index (κ2) is 5.21. The highest BCUT2D eigenvalue weighted by atomic mass is 19.4. The summed E-state index contributed by atoms with van der Waals surface area (Å²) >= 11 is 0. The van der Waals surface area contributed by atoms with Gasteiger partial charge in [-0.25, -0.2) is 4.79 Å². The molecule has 90 valence electrons. The predicted molar refractivity (Wildman–Crippen MR) is 54.1 cm³/mol. The number of urea groups is 1. The number of hydrogen-bond donors (Lipinski definition) is 2. The lowest BCUT2D eigenvalue weighted by atomic mass is 10.2. The zero-order valence-corrected chi connectivity index (χ0v) is 8.51. The molecule has 0 unspecified atom stereocenters. The molecule has 7 heteroatoms. The number of carbonyl (C=O) groups is 1. The topological polar surface area (TPSA) is 64.9 Å². The van der Waals surface area contributed by atoms with E-state index in [4.69, 9.17) is 5.26 Å². The van der Waals surface area contributed by atoms with Crippen LogP contribution in [0.2, 0.25) is 0 Å². The molecule has 0 heterocycles. The first-order valence-corrected chi connectivity index (χ1v) is 4.52. The Hall–Kier alpha value is -2.23. The number of alkyl halides is 3. The Kier molecular flexibility index (Phi) is 3.93. The largest absolute Gasteiger partial charge is 0.416 e. The number of hydrogen-bond acceptors (Lipinski definition) is 2. The fourth-order valence-corrected chi connectivity index (χ4v) is 1.07. The number of benzene rings is 1. The van der Waals surface area contributed by atoms with Crippen LogP contribution < -0.4 is 10.6 Å². The molecule has 1 aromatic carbocycles. The van der Waals surface area contributed by atoms with Gasteiger partial charge in [0.1, 0.15) is 6.54 Å². The lowest BCUT2D eigenvalue weighted by Gasteiger charge is -2.09. The summed E-state index contributed by atoms with van der Waals surface area (Å²) in [4.78, 5) is 11.1. The highest BCUT2D eigenvalue weighted by molar-refractivity contribution is 5.89. The number of halogens is 3. The quantitative estimate of drug-likeness (QED) is 0.783. The lowest BCUT2D eigenvalue weighted by molar-refractivity contribution is -0.137. The molecule has 0 aliphatic heterocycles. The first kappa shape index (κ1) is 12.8. The van der Waals surface area contributed by atoms with Crippen LogP contribution in [0, 0.1) is 11.3 Å². The van der Waals surface area contributed by atoms with Crippen molar-refractivity contribution in [2.45, 2.75) is 6.18 Å². The van der Waals surface area contributed by atoms with Gasteiger partial charge in [-0.15, -0.1) is 0 Å². The molecule has 0 bridgehead atoms. The summed E-state index contributed by atoms with van der Waals surface area (Å²) in [6.45, 7) is -0.217. The maximum atomic E-state index is 12.3. The predicted octanol–water partition coefficient (Wildman–Crippen LogP) is 2.35. The molecular formula is C10H8F3N3O. The van der Waals surface area contributed by atoms with Crippen LogP contribution in [0.3, 0.4) is 0 Å². The van der Waals surface area contributed by atoms with E-state index in [1.165, 1.54) is 12.1 Å². The second-order valence-electron chi connectivity index (χ2n) is 3.04. The van der Waals surface area contributed by atoms with Crippen LogP contribution in [0.5, 0.6) is 0 Å². The van der Waals surface area contributed by atoms with Crippen molar-refractivity contribution in [3.63, 3.8) is 0 Å². The molecule has 0 saturated heterocycles. The molecule has 0 spiro atoms. The lowest BCUT2D eigenvalue weighted by Crippen LogP contribution is -2.28. The number of anilines is 1. The molecule has 0 aliphatic rings. The number of amides is 2. The van der Waals surface area contributed by atoms with Crippen LogP contribution in [0.4, 0.5) is 23.7 Å². The minimum atomic E-state index is -4.46. The first-order valence-electron chi connectivity index (χ1n) is 4.52. The molecule has 0 fully saturated rings. The number of rotatable bonds is 2. The Morgan fingerprint density at radius 3 is 2.71 bits per heavy atom. The molecule has 2 amide bonds. The van der Waals surface area contributed by atoms with E-state index in [-0.39, 0.29) is 12.2 Å². The summed E-state index contributed by atoms with van der Waals surface area (Å²) < 4.78 is 37.0. The van der Waals surface area contributed by atoms with Gasteiger partial charge in [-0.2, -0.15) is 18.4 Å². The highest BCUT2D eigenvalue weighted by Gasteiger charge is 2.30. The van der Waals surface area contributed by atoms with Crippen LogP contribution in [-0.4, -0.2) is 12.6 Å². The fraction of sp³-hybridized carbons (Fsp3) is 0.200. The summed E-state index contributed by atoms with van der Waals surface area (Å²) in [6, 6.07) is 5.15. The molecule has 0 aromatic heterocycles. The van der Waals surface area contributed by atoms with Crippen molar-refractivity contribution in [2.24, 2.45) is 0 Å². The molecule has 0 aliphatic carbocycles. The van der Waals surface area contributed by atoms with Crippen LogP contribution in [-0.2, 0) is 6.18 Å². The Bertz CT molecular complexity index is 451. The third kappa shape index (κ3) is 4.03. The van der Waals surface area contributed by atoms with E-state index in [2.05, 4.69) is 10.6 Å². The van der Waals surface area contributed by atoms with E-state index in [0.29, 0.717) is 0 Å². The summed E-state index contributed by atoms with van der Waals surface area (Å²) in [5.41, 5.74) is -0.842. The van der Waals surface area contributed by atoms with Crippen LogP contribution >= 0.6 is 0 Å². The molecule has 4 nitrogen and oxygen atoms in total.